The van der Waals surface area contributed by atoms with E-state index in [9.17, 15) is 19.8 Å². The molecule has 0 aromatic rings. The normalized spacial score (nSPS) is 10.4. The summed E-state index contributed by atoms with van der Waals surface area (Å²) in [6.45, 7) is 0. The van der Waals surface area contributed by atoms with Gasteiger partial charge in [0.2, 0.25) is 0 Å². The number of carbonyl (C=O) groups excluding carboxylic acids is 2. The molecular formula is C5H7Cs2NO4. The first kappa shape index (κ1) is 20.4. The molecule has 0 radical (unpaired) electrons. The van der Waals surface area contributed by atoms with E-state index in [4.69, 9.17) is 5.73 Å². The summed E-state index contributed by atoms with van der Waals surface area (Å²) in [5.41, 5.74) is 4.91. The summed E-state index contributed by atoms with van der Waals surface area (Å²) in [6.07, 6.45) is -0.500. The summed E-state index contributed by atoms with van der Waals surface area (Å²) >= 11 is 0. The summed E-state index contributed by atoms with van der Waals surface area (Å²) in [6, 6.07) is -1.21. The number of hydrogen-bond acceptors (Lipinski definition) is 5. The van der Waals surface area contributed by atoms with Crippen molar-refractivity contribution in [1.29, 1.82) is 0 Å². The number of carboxylic acids is 2. The van der Waals surface area contributed by atoms with E-state index in [1.165, 1.54) is 0 Å². The number of hydrogen-bond donors (Lipinski definition) is 1. The predicted octanol–water partition coefficient (Wildman–Crippen LogP) is -9.40. The van der Waals surface area contributed by atoms with Gasteiger partial charge in [-0.3, -0.25) is 0 Å². The molecule has 0 saturated carbocycles. The topological polar surface area (TPSA) is 106 Å². The van der Waals surface area contributed by atoms with Crippen LogP contribution in [-0.4, -0.2) is 18.0 Å². The van der Waals surface area contributed by atoms with E-state index in [1.54, 1.807) is 0 Å². The zero-order valence-corrected chi connectivity index (χ0v) is 19.8. The van der Waals surface area contributed by atoms with Crippen LogP contribution >= 0.6 is 0 Å². The van der Waals surface area contributed by atoms with E-state index in [2.05, 4.69) is 0 Å². The molecule has 0 bridgehead atoms. The fraction of sp³-hybridized carbons (Fsp3) is 0.600. The largest absolute Gasteiger partial charge is 1.00 e. The third kappa shape index (κ3) is 13.0. The molecule has 1 atom stereocenters. The zero-order chi connectivity index (χ0) is 8.15. The van der Waals surface area contributed by atoms with Crippen molar-refractivity contribution in [3.63, 3.8) is 0 Å². The van der Waals surface area contributed by atoms with Crippen LogP contribution in [0.2, 0.25) is 0 Å². The smallest absolute Gasteiger partial charge is 0.550 e. The quantitative estimate of drug-likeness (QED) is 0.495. The Kier molecular flexibility index (Phi) is 20.5. The van der Waals surface area contributed by atoms with Gasteiger partial charge in [0.25, 0.3) is 0 Å². The SMILES string of the molecule is N[C@@H](CCC(=O)[O-])C(=O)[O-].[Cs+].[Cs+]. The minimum absolute atomic E-state index is 0. The summed E-state index contributed by atoms with van der Waals surface area (Å²) < 4.78 is 0. The van der Waals surface area contributed by atoms with Gasteiger partial charge in [0.05, 0.1) is 5.97 Å². The van der Waals surface area contributed by atoms with Crippen LogP contribution in [0.25, 0.3) is 0 Å². The zero-order valence-electron chi connectivity index (χ0n) is 7.20. The Morgan fingerprint density at radius 2 is 1.67 bits per heavy atom. The second-order valence-electron chi connectivity index (χ2n) is 1.84. The Morgan fingerprint density at radius 3 is 1.92 bits per heavy atom. The Bertz CT molecular complexity index is 152. The second-order valence-corrected chi connectivity index (χ2v) is 1.84. The van der Waals surface area contributed by atoms with Crippen molar-refractivity contribution in [3.05, 3.63) is 0 Å². The van der Waals surface area contributed by atoms with Crippen molar-refractivity contribution < 1.29 is 158 Å². The van der Waals surface area contributed by atoms with Gasteiger partial charge < -0.3 is 25.5 Å². The minimum atomic E-state index is -1.44. The van der Waals surface area contributed by atoms with Crippen molar-refractivity contribution in [1.82, 2.24) is 0 Å². The van der Waals surface area contributed by atoms with E-state index in [1.807, 2.05) is 0 Å². The monoisotopic (exact) mass is 411 g/mol. The van der Waals surface area contributed by atoms with Gasteiger partial charge in [0, 0.05) is 12.0 Å². The molecule has 0 saturated heterocycles. The van der Waals surface area contributed by atoms with Gasteiger partial charge in [-0.15, -0.1) is 0 Å². The van der Waals surface area contributed by atoms with Crippen LogP contribution in [0.5, 0.6) is 0 Å². The maximum atomic E-state index is 9.86. The Balaban J connectivity index is -0.000000405. The predicted molar refractivity (Wildman–Crippen MR) is 27.2 cm³/mol. The summed E-state index contributed by atoms with van der Waals surface area (Å²) in [7, 11) is 0. The molecule has 5 nitrogen and oxygen atoms in total. The number of nitrogens with two attached hydrogens (primary N) is 1. The van der Waals surface area contributed by atoms with Crippen LogP contribution in [0.15, 0.2) is 0 Å². The molecule has 0 aromatic heterocycles. The van der Waals surface area contributed by atoms with E-state index in [0.29, 0.717) is 0 Å². The Labute approximate surface area is 188 Å². The molecule has 0 spiro atoms. The number of carboxylic acid groups (broad SMARTS) is 2. The average Bonchev–Trinajstić information content (AvgIpc) is 1.82. The van der Waals surface area contributed by atoms with Gasteiger partial charge in [0.1, 0.15) is 0 Å². The average molecular weight is 411 g/mol. The Morgan fingerprint density at radius 1 is 1.25 bits per heavy atom. The molecule has 2 N–H and O–H groups in total. The van der Waals surface area contributed by atoms with E-state index >= 15 is 0 Å². The molecule has 7 heteroatoms. The molecule has 0 amide bonds. The van der Waals surface area contributed by atoms with Gasteiger partial charge >= 0.3 is 138 Å². The molecule has 0 unspecified atom stereocenters. The maximum absolute atomic E-state index is 9.86. The molecule has 58 valence electrons. The maximum Gasteiger partial charge on any atom is 1.00 e. The number of rotatable bonds is 4. The van der Waals surface area contributed by atoms with Crippen molar-refractivity contribution in [2.45, 2.75) is 18.9 Å². The van der Waals surface area contributed by atoms with Gasteiger partial charge in [-0.05, 0) is 12.8 Å². The van der Waals surface area contributed by atoms with Crippen molar-refractivity contribution >= 4 is 11.9 Å². The van der Waals surface area contributed by atoms with Gasteiger partial charge in [0.15, 0.2) is 0 Å². The molecule has 12 heavy (non-hydrogen) atoms. The van der Waals surface area contributed by atoms with Crippen LogP contribution in [-0.2, 0) is 9.59 Å². The van der Waals surface area contributed by atoms with Crippen molar-refractivity contribution in [2.75, 3.05) is 0 Å². The standard InChI is InChI=1S/C5H9NO4.2Cs/c6-3(5(9)10)1-2-4(7)8;;/h3H,1-2,6H2,(H,7,8)(H,9,10);;/q;2*+1/p-2/t3-;;/m0../s1. The minimum Gasteiger partial charge on any atom is -0.550 e. The van der Waals surface area contributed by atoms with Crippen molar-refractivity contribution in [2.24, 2.45) is 5.73 Å². The van der Waals surface area contributed by atoms with Crippen LogP contribution in [0, 0.1) is 0 Å². The van der Waals surface area contributed by atoms with E-state index in [0.717, 1.165) is 0 Å². The third-order valence-corrected chi connectivity index (χ3v) is 0.962. The Hall–Kier alpha value is 3.00. The van der Waals surface area contributed by atoms with Crippen molar-refractivity contribution in [3.8, 4) is 0 Å². The van der Waals surface area contributed by atoms with Crippen LogP contribution < -0.4 is 154 Å². The van der Waals surface area contributed by atoms with E-state index in [-0.39, 0.29) is 151 Å². The summed E-state index contributed by atoms with van der Waals surface area (Å²) in [4.78, 5) is 19.6. The van der Waals surface area contributed by atoms with Gasteiger partial charge in [-0.2, -0.15) is 0 Å². The fourth-order valence-electron chi connectivity index (χ4n) is 0.391. The molecule has 0 fully saturated rings. The first-order chi connectivity index (χ1) is 4.54. The van der Waals surface area contributed by atoms with Gasteiger partial charge in [-0.25, -0.2) is 0 Å². The number of aliphatic carboxylic acids is 2. The summed E-state index contributed by atoms with van der Waals surface area (Å²) in [5.74, 6) is -2.75. The molecule has 0 heterocycles. The molecule has 0 aliphatic carbocycles. The first-order valence-corrected chi connectivity index (χ1v) is 2.70. The first-order valence-electron chi connectivity index (χ1n) is 2.70. The molecule has 0 aliphatic heterocycles. The summed E-state index contributed by atoms with van der Waals surface area (Å²) in [5, 5.41) is 19.6. The number of carbonyl (C=O) groups is 2. The fourth-order valence-corrected chi connectivity index (χ4v) is 0.391. The second kappa shape index (κ2) is 12.1. The van der Waals surface area contributed by atoms with Crippen LogP contribution in [0.3, 0.4) is 0 Å². The van der Waals surface area contributed by atoms with E-state index < -0.39 is 18.0 Å². The van der Waals surface area contributed by atoms with Crippen LogP contribution in [0.1, 0.15) is 12.8 Å². The molecule has 0 rings (SSSR count). The molecular weight excluding hydrogens is 404 g/mol. The third-order valence-electron chi connectivity index (χ3n) is 0.962. The van der Waals surface area contributed by atoms with Crippen LogP contribution in [0.4, 0.5) is 0 Å². The molecule has 0 aromatic carbocycles. The van der Waals surface area contributed by atoms with Gasteiger partial charge in [-0.1, -0.05) is 0 Å². The molecule has 0 aliphatic rings.